The summed E-state index contributed by atoms with van der Waals surface area (Å²) in [5.41, 5.74) is -0.913. The number of benzene rings is 1. The Morgan fingerprint density at radius 2 is 2.00 bits per heavy atom. The summed E-state index contributed by atoms with van der Waals surface area (Å²) in [6.45, 7) is -0.176. The Morgan fingerprint density at radius 3 is 2.53 bits per heavy atom. The van der Waals surface area contributed by atoms with Crippen LogP contribution in [0.5, 0.6) is 0 Å². The molecule has 0 amide bonds. The number of aliphatic hydroxyl groups excluding tert-OH is 1. The number of aliphatic hydroxyl groups is 1. The van der Waals surface area contributed by atoms with E-state index in [-0.39, 0.29) is 23.9 Å². The summed E-state index contributed by atoms with van der Waals surface area (Å²) < 4.78 is 37.5. The van der Waals surface area contributed by atoms with Crippen molar-refractivity contribution in [2.24, 2.45) is 0 Å². The summed E-state index contributed by atoms with van der Waals surface area (Å²) >= 11 is 5.48. The smallest absolute Gasteiger partial charge is 0.395 e. The number of nitrogens with one attached hydrogen (secondary N) is 1. The Labute approximate surface area is 89.7 Å². The zero-order valence-electron chi connectivity index (χ0n) is 7.61. The number of alkyl halides is 3. The molecule has 0 aliphatic heterocycles. The Hall–Kier alpha value is -0.940. The largest absolute Gasteiger partial charge is 0.418 e. The fourth-order valence-electron chi connectivity index (χ4n) is 1.10. The first-order valence-corrected chi connectivity index (χ1v) is 4.54. The van der Waals surface area contributed by atoms with Crippen molar-refractivity contribution in [3.05, 3.63) is 28.8 Å². The van der Waals surface area contributed by atoms with E-state index in [9.17, 15) is 13.2 Å². The highest BCUT2D eigenvalue weighted by Gasteiger charge is 2.33. The minimum Gasteiger partial charge on any atom is -0.395 e. The fourth-order valence-corrected chi connectivity index (χ4v) is 1.27. The summed E-state index contributed by atoms with van der Waals surface area (Å²) in [6, 6.07) is 3.44. The number of anilines is 1. The van der Waals surface area contributed by atoms with Crippen molar-refractivity contribution in [1.29, 1.82) is 0 Å². The van der Waals surface area contributed by atoms with Crippen molar-refractivity contribution in [3.8, 4) is 0 Å². The lowest BCUT2D eigenvalue weighted by Crippen LogP contribution is -2.13. The van der Waals surface area contributed by atoms with E-state index < -0.39 is 11.7 Å². The van der Waals surface area contributed by atoms with Crippen LogP contribution < -0.4 is 5.32 Å². The lowest BCUT2D eigenvalue weighted by atomic mass is 10.1. The highest BCUT2D eigenvalue weighted by Crippen LogP contribution is 2.36. The van der Waals surface area contributed by atoms with Crippen LogP contribution in [0, 0.1) is 0 Å². The molecule has 0 unspecified atom stereocenters. The van der Waals surface area contributed by atoms with Crippen LogP contribution in [-0.2, 0) is 6.18 Å². The molecule has 0 fully saturated rings. The van der Waals surface area contributed by atoms with Gasteiger partial charge in [-0.3, -0.25) is 0 Å². The Bertz CT molecular complexity index is 341. The monoisotopic (exact) mass is 239 g/mol. The van der Waals surface area contributed by atoms with Gasteiger partial charge < -0.3 is 10.4 Å². The topological polar surface area (TPSA) is 32.3 Å². The minimum absolute atomic E-state index is 0.0249. The molecule has 0 radical (unpaired) electrons. The van der Waals surface area contributed by atoms with Crippen molar-refractivity contribution in [2.45, 2.75) is 6.18 Å². The molecule has 1 rings (SSSR count). The van der Waals surface area contributed by atoms with Crippen LogP contribution in [0.25, 0.3) is 0 Å². The van der Waals surface area contributed by atoms with Gasteiger partial charge in [0.15, 0.2) is 0 Å². The highest BCUT2D eigenvalue weighted by molar-refractivity contribution is 6.30. The maximum absolute atomic E-state index is 12.5. The van der Waals surface area contributed by atoms with Crippen molar-refractivity contribution in [3.63, 3.8) is 0 Å². The summed E-state index contributed by atoms with van der Waals surface area (Å²) in [5.74, 6) is 0. The summed E-state index contributed by atoms with van der Waals surface area (Å²) in [7, 11) is 0. The molecule has 1 aromatic rings. The van der Waals surface area contributed by atoms with Crippen LogP contribution in [0.4, 0.5) is 18.9 Å². The van der Waals surface area contributed by atoms with Gasteiger partial charge in [-0.1, -0.05) is 11.6 Å². The molecule has 0 saturated carbocycles. The molecule has 2 nitrogen and oxygen atoms in total. The van der Waals surface area contributed by atoms with Gasteiger partial charge in [0, 0.05) is 17.3 Å². The molecule has 0 aliphatic rings. The van der Waals surface area contributed by atoms with Crippen molar-refractivity contribution < 1.29 is 18.3 Å². The first-order valence-electron chi connectivity index (χ1n) is 4.16. The van der Waals surface area contributed by atoms with Crippen LogP contribution in [0.3, 0.4) is 0 Å². The lowest BCUT2D eigenvalue weighted by Gasteiger charge is -2.14. The van der Waals surface area contributed by atoms with Crippen LogP contribution in [0.15, 0.2) is 18.2 Å². The van der Waals surface area contributed by atoms with Gasteiger partial charge >= 0.3 is 6.18 Å². The first kappa shape index (κ1) is 12.1. The number of rotatable bonds is 3. The molecular formula is C9H9ClF3NO. The minimum atomic E-state index is -4.46. The maximum Gasteiger partial charge on any atom is 0.418 e. The van der Waals surface area contributed by atoms with Gasteiger partial charge in [0.2, 0.25) is 0 Å². The summed E-state index contributed by atoms with van der Waals surface area (Å²) in [4.78, 5) is 0. The molecule has 0 saturated heterocycles. The van der Waals surface area contributed by atoms with Crippen molar-refractivity contribution in [2.75, 3.05) is 18.5 Å². The Balaban J connectivity index is 3.04. The van der Waals surface area contributed by atoms with Gasteiger partial charge in [-0.2, -0.15) is 13.2 Å². The third kappa shape index (κ3) is 3.28. The fraction of sp³-hybridized carbons (Fsp3) is 0.333. The van der Waals surface area contributed by atoms with Gasteiger partial charge in [-0.05, 0) is 18.2 Å². The van der Waals surface area contributed by atoms with E-state index in [1.807, 2.05) is 0 Å². The van der Waals surface area contributed by atoms with Gasteiger partial charge in [0.25, 0.3) is 0 Å². The molecule has 15 heavy (non-hydrogen) atoms. The van der Waals surface area contributed by atoms with E-state index in [1.54, 1.807) is 0 Å². The number of halogens is 4. The van der Waals surface area contributed by atoms with Crippen LogP contribution in [0.1, 0.15) is 5.56 Å². The van der Waals surface area contributed by atoms with Gasteiger partial charge in [-0.15, -0.1) is 0 Å². The second kappa shape index (κ2) is 4.72. The van der Waals surface area contributed by atoms with Gasteiger partial charge in [0.05, 0.1) is 12.2 Å². The van der Waals surface area contributed by atoms with E-state index in [0.29, 0.717) is 0 Å². The molecule has 84 valence electrons. The summed E-state index contributed by atoms with van der Waals surface area (Å²) in [6.07, 6.45) is -4.46. The average Bonchev–Trinajstić information content (AvgIpc) is 2.14. The second-order valence-corrected chi connectivity index (χ2v) is 3.27. The molecular weight excluding hydrogens is 231 g/mol. The predicted molar refractivity (Wildman–Crippen MR) is 52.0 cm³/mol. The van der Waals surface area contributed by atoms with E-state index in [1.165, 1.54) is 12.1 Å². The van der Waals surface area contributed by atoms with Gasteiger partial charge in [0.1, 0.15) is 0 Å². The molecule has 2 N–H and O–H groups in total. The Morgan fingerprint density at radius 1 is 1.33 bits per heavy atom. The van der Waals surface area contributed by atoms with E-state index in [2.05, 4.69) is 5.32 Å². The molecule has 0 heterocycles. The van der Waals surface area contributed by atoms with E-state index >= 15 is 0 Å². The third-order valence-corrected chi connectivity index (χ3v) is 1.95. The van der Waals surface area contributed by atoms with Crippen molar-refractivity contribution in [1.82, 2.24) is 0 Å². The molecule has 6 heteroatoms. The molecule has 0 bridgehead atoms. The Kier molecular flexibility index (Phi) is 3.82. The number of hydrogen-bond donors (Lipinski definition) is 2. The first-order chi connectivity index (χ1) is 6.95. The lowest BCUT2D eigenvalue weighted by molar-refractivity contribution is -0.136. The molecule has 1 aromatic carbocycles. The third-order valence-electron chi connectivity index (χ3n) is 1.71. The standard InChI is InChI=1S/C9H9ClF3NO/c10-6-1-2-8(14-3-4-15)7(5-6)9(11,12)13/h1-2,5,14-15H,3-4H2. The van der Waals surface area contributed by atoms with Crippen LogP contribution >= 0.6 is 11.6 Å². The molecule has 0 atom stereocenters. The molecule has 0 aliphatic carbocycles. The predicted octanol–water partition coefficient (Wildman–Crippen LogP) is 2.76. The second-order valence-electron chi connectivity index (χ2n) is 2.84. The highest BCUT2D eigenvalue weighted by atomic mass is 35.5. The summed E-state index contributed by atoms with van der Waals surface area (Å²) in [5, 5.41) is 11.0. The molecule has 0 aromatic heterocycles. The zero-order valence-corrected chi connectivity index (χ0v) is 8.36. The normalized spacial score (nSPS) is 11.5. The van der Waals surface area contributed by atoms with Gasteiger partial charge in [-0.25, -0.2) is 0 Å². The average molecular weight is 240 g/mol. The quantitative estimate of drug-likeness (QED) is 0.850. The van der Waals surface area contributed by atoms with E-state index in [0.717, 1.165) is 6.07 Å². The SMILES string of the molecule is OCCNc1ccc(Cl)cc1C(F)(F)F. The molecule has 0 spiro atoms. The van der Waals surface area contributed by atoms with Crippen molar-refractivity contribution >= 4 is 17.3 Å². The zero-order chi connectivity index (χ0) is 11.5. The van der Waals surface area contributed by atoms with E-state index in [4.69, 9.17) is 16.7 Å². The van der Waals surface area contributed by atoms with Crippen LogP contribution in [0.2, 0.25) is 5.02 Å². The number of hydrogen-bond acceptors (Lipinski definition) is 2. The van der Waals surface area contributed by atoms with Crippen LogP contribution in [-0.4, -0.2) is 18.3 Å². The maximum atomic E-state index is 12.5.